The van der Waals surface area contributed by atoms with E-state index >= 15 is 0 Å². The third kappa shape index (κ3) is 3.95. The zero-order valence-electron chi connectivity index (χ0n) is 8.03. The minimum Gasteiger partial charge on any atom is -0.396 e. The van der Waals surface area contributed by atoms with Crippen LogP contribution in [0.1, 0.15) is 19.8 Å². The molecule has 0 aromatic heterocycles. The molecule has 0 aliphatic carbocycles. The molecule has 0 saturated heterocycles. The molecule has 1 aromatic carbocycles. The van der Waals surface area contributed by atoms with Gasteiger partial charge in [-0.1, -0.05) is 18.2 Å². The van der Waals surface area contributed by atoms with E-state index in [0.717, 1.165) is 18.5 Å². The third-order valence-corrected chi connectivity index (χ3v) is 1.98. The van der Waals surface area contributed by atoms with Gasteiger partial charge in [-0.25, -0.2) is 0 Å². The van der Waals surface area contributed by atoms with Crippen LogP contribution >= 0.6 is 0 Å². The zero-order valence-corrected chi connectivity index (χ0v) is 8.03. The summed E-state index contributed by atoms with van der Waals surface area (Å²) in [7, 11) is 0. The van der Waals surface area contributed by atoms with Crippen molar-refractivity contribution in [2.24, 2.45) is 0 Å². The quantitative estimate of drug-likeness (QED) is 0.726. The highest BCUT2D eigenvalue weighted by atomic mass is 16.2. The minimum absolute atomic E-state index is 0.279. The molecule has 1 unspecified atom stereocenters. The Morgan fingerprint density at radius 1 is 1.31 bits per heavy atom. The first-order valence-electron chi connectivity index (χ1n) is 4.75. The predicted molar refractivity (Wildman–Crippen MR) is 55.8 cm³/mol. The van der Waals surface area contributed by atoms with E-state index in [1.165, 1.54) is 0 Å². The van der Waals surface area contributed by atoms with E-state index in [1.54, 1.807) is 0 Å². The van der Waals surface area contributed by atoms with Crippen LogP contribution in [0, 0.1) is 0 Å². The molecule has 0 radical (unpaired) electrons. The summed E-state index contributed by atoms with van der Waals surface area (Å²) in [5.74, 6) is 0. The summed E-state index contributed by atoms with van der Waals surface area (Å²) in [6.07, 6.45) is 1.87. The van der Waals surface area contributed by atoms with Gasteiger partial charge in [0, 0.05) is 18.3 Å². The average Bonchev–Trinajstić information content (AvgIpc) is 2.16. The van der Waals surface area contributed by atoms with Crippen molar-refractivity contribution in [3.05, 3.63) is 30.3 Å². The van der Waals surface area contributed by atoms with Crippen LogP contribution in [0.5, 0.6) is 0 Å². The predicted octanol–water partition coefficient (Wildman–Crippen LogP) is 2.26. The average molecular weight is 179 g/mol. The van der Waals surface area contributed by atoms with E-state index in [2.05, 4.69) is 24.4 Å². The second-order valence-corrected chi connectivity index (χ2v) is 3.28. The summed E-state index contributed by atoms with van der Waals surface area (Å²) in [5.41, 5.74) is 1.15. The molecule has 2 N–H and O–H groups in total. The number of para-hydroxylation sites is 1. The molecule has 0 fully saturated rings. The topological polar surface area (TPSA) is 32.3 Å². The molecule has 2 nitrogen and oxygen atoms in total. The first-order valence-corrected chi connectivity index (χ1v) is 4.75. The highest BCUT2D eigenvalue weighted by Crippen LogP contribution is 2.09. The van der Waals surface area contributed by atoms with Gasteiger partial charge in [0.15, 0.2) is 0 Å². The van der Waals surface area contributed by atoms with Crippen molar-refractivity contribution in [3.8, 4) is 0 Å². The highest BCUT2D eigenvalue weighted by Gasteiger charge is 1.99. The molecule has 2 heteroatoms. The van der Waals surface area contributed by atoms with Crippen molar-refractivity contribution in [3.63, 3.8) is 0 Å². The van der Waals surface area contributed by atoms with Gasteiger partial charge in [-0.15, -0.1) is 0 Å². The maximum Gasteiger partial charge on any atom is 0.0431 e. The lowest BCUT2D eigenvalue weighted by Gasteiger charge is -2.14. The Morgan fingerprint density at radius 3 is 2.62 bits per heavy atom. The fourth-order valence-electron chi connectivity index (χ4n) is 1.29. The van der Waals surface area contributed by atoms with E-state index < -0.39 is 0 Å². The minimum atomic E-state index is 0.279. The van der Waals surface area contributed by atoms with E-state index in [1.807, 2.05) is 18.2 Å². The Balaban J connectivity index is 2.32. The van der Waals surface area contributed by atoms with Crippen molar-refractivity contribution in [1.82, 2.24) is 0 Å². The molecule has 0 heterocycles. The largest absolute Gasteiger partial charge is 0.396 e. The van der Waals surface area contributed by atoms with Gasteiger partial charge in [0.2, 0.25) is 0 Å². The highest BCUT2D eigenvalue weighted by molar-refractivity contribution is 5.43. The Labute approximate surface area is 79.6 Å². The summed E-state index contributed by atoms with van der Waals surface area (Å²) in [6.45, 7) is 2.41. The number of hydrogen-bond acceptors (Lipinski definition) is 2. The number of nitrogens with one attached hydrogen (secondary N) is 1. The zero-order chi connectivity index (χ0) is 9.52. The van der Waals surface area contributed by atoms with Crippen LogP contribution in [0.2, 0.25) is 0 Å². The first-order chi connectivity index (χ1) is 6.33. The van der Waals surface area contributed by atoms with E-state index in [-0.39, 0.29) is 6.61 Å². The maximum absolute atomic E-state index is 8.65. The van der Waals surface area contributed by atoms with Crippen molar-refractivity contribution in [2.45, 2.75) is 25.8 Å². The van der Waals surface area contributed by atoms with Crippen LogP contribution in [0.4, 0.5) is 5.69 Å². The number of aliphatic hydroxyl groups excluding tert-OH is 1. The summed E-state index contributed by atoms with van der Waals surface area (Å²) in [4.78, 5) is 0. The van der Waals surface area contributed by atoms with Crippen molar-refractivity contribution < 1.29 is 5.11 Å². The molecule has 0 amide bonds. The van der Waals surface area contributed by atoms with E-state index in [0.29, 0.717) is 6.04 Å². The Hall–Kier alpha value is -1.02. The summed E-state index contributed by atoms with van der Waals surface area (Å²) in [5, 5.41) is 12.0. The Bertz CT molecular complexity index is 223. The lowest BCUT2D eigenvalue weighted by Crippen LogP contribution is -2.15. The smallest absolute Gasteiger partial charge is 0.0431 e. The van der Waals surface area contributed by atoms with Gasteiger partial charge in [-0.05, 0) is 31.9 Å². The van der Waals surface area contributed by atoms with E-state index in [4.69, 9.17) is 5.11 Å². The van der Waals surface area contributed by atoms with Crippen LogP contribution < -0.4 is 5.32 Å². The second kappa shape index (κ2) is 5.60. The third-order valence-electron chi connectivity index (χ3n) is 1.98. The molecule has 1 atom stereocenters. The van der Waals surface area contributed by atoms with Gasteiger partial charge >= 0.3 is 0 Å². The normalized spacial score (nSPS) is 12.5. The summed E-state index contributed by atoms with van der Waals surface area (Å²) < 4.78 is 0. The molecular formula is C11H17NO. The molecule has 1 aromatic rings. The molecule has 0 aliphatic rings. The van der Waals surface area contributed by atoms with Crippen LogP contribution in [0.3, 0.4) is 0 Å². The Kier molecular flexibility index (Phi) is 4.33. The number of anilines is 1. The van der Waals surface area contributed by atoms with E-state index in [9.17, 15) is 0 Å². The lowest BCUT2D eigenvalue weighted by atomic mass is 10.2. The molecule has 0 saturated carbocycles. The molecular weight excluding hydrogens is 162 g/mol. The number of hydrogen-bond donors (Lipinski definition) is 2. The van der Waals surface area contributed by atoms with Crippen molar-refractivity contribution in [1.29, 1.82) is 0 Å². The molecule has 0 aliphatic heterocycles. The molecule has 0 spiro atoms. The van der Waals surface area contributed by atoms with Gasteiger partial charge in [0.25, 0.3) is 0 Å². The second-order valence-electron chi connectivity index (χ2n) is 3.28. The van der Waals surface area contributed by atoms with Crippen molar-refractivity contribution >= 4 is 5.69 Å². The number of rotatable bonds is 5. The van der Waals surface area contributed by atoms with Gasteiger partial charge in [-0.2, -0.15) is 0 Å². The van der Waals surface area contributed by atoms with Gasteiger partial charge in [0.1, 0.15) is 0 Å². The van der Waals surface area contributed by atoms with Crippen LogP contribution in [-0.4, -0.2) is 17.8 Å². The summed E-state index contributed by atoms with van der Waals surface area (Å²) in [6, 6.07) is 10.6. The molecule has 13 heavy (non-hydrogen) atoms. The van der Waals surface area contributed by atoms with Gasteiger partial charge < -0.3 is 10.4 Å². The fourth-order valence-corrected chi connectivity index (χ4v) is 1.29. The lowest BCUT2D eigenvalue weighted by molar-refractivity contribution is 0.282. The van der Waals surface area contributed by atoms with Crippen LogP contribution in [0.15, 0.2) is 30.3 Å². The van der Waals surface area contributed by atoms with Crippen LogP contribution in [-0.2, 0) is 0 Å². The van der Waals surface area contributed by atoms with Crippen molar-refractivity contribution in [2.75, 3.05) is 11.9 Å². The number of aliphatic hydroxyl groups is 1. The summed E-state index contributed by atoms with van der Waals surface area (Å²) >= 11 is 0. The standard InChI is InChI=1S/C11H17NO/c1-10(6-5-9-13)12-11-7-3-2-4-8-11/h2-4,7-8,10,12-13H,5-6,9H2,1H3. The SMILES string of the molecule is CC(CCCO)Nc1ccccc1. The van der Waals surface area contributed by atoms with Gasteiger partial charge in [0.05, 0.1) is 0 Å². The first kappa shape index (κ1) is 10.1. The fraction of sp³-hybridized carbons (Fsp3) is 0.455. The molecule has 0 bridgehead atoms. The molecule has 72 valence electrons. The molecule has 1 rings (SSSR count). The number of benzene rings is 1. The maximum atomic E-state index is 8.65. The Morgan fingerprint density at radius 2 is 2.00 bits per heavy atom. The van der Waals surface area contributed by atoms with Gasteiger partial charge in [-0.3, -0.25) is 0 Å². The van der Waals surface area contributed by atoms with Crippen LogP contribution in [0.25, 0.3) is 0 Å². The monoisotopic (exact) mass is 179 g/mol.